The quantitative estimate of drug-likeness (QED) is 0.344. The molecule has 0 amide bonds. The van der Waals surface area contributed by atoms with Crippen molar-refractivity contribution >= 4 is 15.8 Å². The summed E-state index contributed by atoms with van der Waals surface area (Å²) < 4.78 is 38.2. The van der Waals surface area contributed by atoms with Gasteiger partial charge in [0.1, 0.15) is 5.82 Å². The Morgan fingerprint density at radius 2 is 1.87 bits per heavy atom. The van der Waals surface area contributed by atoms with E-state index in [4.69, 9.17) is 0 Å². The summed E-state index contributed by atoms with van der Waals surface area (Å²) in [6.45, 7) is 3.80. The second-order valence-electron chi connectivity index (χ2n) is 7.84. The molecule has 1 saturated carbocycles. The minimum Gasteiger partial charge on any atom is -0.357 e. The number of sulfone groups is 1. The lowest BCUT2D eigenvalue weighted by atomic mass is 9.96. The van der Waals surface area contributed by atoms with Gasteiger partial charge < -0.3 is 10.6 Å². The lowest BCUT2D eigenvalue weighted by Crippen LogP contribution is -2.38. The summed E-state index contributed by atoms with van der Waals surface area (Å²) in [5.74, 6) is 0.643. The summed E-state index contributed by atoms with van der Waals surface area (Å²) in [7, 11) is -3.15. The molecule has 5 nitrogen and oxygen atoms in total. The number of nitrogens with zero attached hydrogens (tertiary/aromatic N) is 1. The molecule has 2 N–H and O–H groups in total. The van der Waals surface area contributed by atoms with E-state index in [2.05, 4.69) is 15.6 Å². The van der Waals surface area contributed by atoms with Crippen LogP contribution in [0.4, 0.5) is 4.39 Å². The summed E-state index contributed by atoms with van der Waals surface area (Å²) in [5, 5.41) is 6.42. The SMILES string of the molecule is CCNC(=NCC1(c2cccc(F)c2)CC1)NCCCS(=O)(=O)Cc1ccccc1. The fraction of sp³-hybridized carbons (Fsp3) is 0.435. The number of nitrogens with one attached hydrogen (secondary N) is 2. The Bertz CT molecular complexity index is 957. The van der Waals surface area contributed by atoms with Gasteiger partial charge in [-0.1, -0.05) is 42.5 Å². The van der Waals surface area contributed by atoms with Gasteiger partial charge in [0, 0.05) is 18.5 Å². The molecule has 0 aliphatic heterocycles. The Kier molecular flexibility index (Phi) is 7.48. The highest BCUT2D eigenvalue weighted by Gasteiger charge is 2.44. The highest BCUT2D eigenvalue weighted by atomic mass is 32.2. The van der Waals surface area contributed by atoms with E-state index < -0.39 is 9.84 Å². The molecule has 0 atom stereocenters. The van der Waals surface area contributed by atoms with Crippen molar-refractivity contribution in [1.29, 1.82) is 0 Å². The summed E-state index contributed by atoms with van der Waals surface area (Å²) in [6, 6.07) is 16.0. The van der Waals surface area contributed by atoms with Crippen molar-refractivity contribution in [2.24, 2.45) is 4.99 Å². The summed E-state index contributed by atoms with van der Waals surface area (Å²) in [4.78, 5) is 4.68. The van der Waals surface area contributed by atoms with Crippen LogP contribution in [0.1, 0.15) is 37.3 Å². The van der Waals surface area contributed by atoms with Gasteiger partial charge in [0.2, 0.25) is 0 Å². The first-order chi connectivity index (χ1) is 14.4. The number of benzene rings is 2. The number of hydrogen-bond acceptors (Lipinski definition) is 3. The third kappa shape index (κ3) is 6.55. The number of aliphatic imine (C=N–C) groups is 1. The molecule has 0 saturated heterocycles. The van der Waals surface area contributed by atoms with Crippen LogP contribution >= 0.6 is 0 Å². The molecule has 0 heterocycles. The van der Waals surface area contributed by atoms with Crippen LogP contribution < -0.4 is 10.6 Å². The number of hydrogen-bond donors (Lipinski definition) is 2. The summed E-state index contributed by atoms with van der Waals surface area (Å²) in [6.07, 6.45) is 2.50. The van der Waals surface area contributed by atoms with Crippen LogP contribution in [-0.2, 0) is 21.0 Å². The van der Waals surface area contributed by atoms with Crippen LogP contribution in [0.25, 0.3) is 0 Å². The molecule has 0 radical (unpaired) electrons. The second kappa shape index (κ2) is 10.1. The standard InChI is InChI=1S/C23H30FN3O2S/c1-2-25-22(27-18-23(12-13-23)20-10-6-11-21(24)16-20)26-14-7-15-30(28,29)17-19-8-4-3-5-9-19/h3-6,8-11,16H,2,7,12-15,17-18H2,1H3,(H2,25,26,27). The molecule has 0 unspecified atom stereocenters. The molecule has 30 heavy (non-hydrogen) atoms. The van der Waals surface area contributed by atoms with E-state index in [0.29, 0.717) is 32.0 Å². The smallest absolute Gasteiger partial charge is 0.191 e. The first-order valence-corrected chi connectivity index (χ1v) is 12.3. The van der Waals surface area contributed by atoms with Crippen LogP contribution in [0.5, 0.6) is 0 Å². The van der Waals surface area contributed by atoms with Crippen molar-refractivity contribution in [2.75, 3.05) is 25.4 Å². The van der Waals surface area contributed by atoms with E-state index in [9.17, 15) is 12.8 Å². The van der Waals surface area contributed by atoms with Gasteiger partial charge in [-0.05, 0) is 49.4 Å². The van der Waals surface area contributed by atoms with Gasteiger partial charge in [0.05, 0.1) is 18.1 Å². The molecule has 1 aliphatic carbocycles. The van der Waals surface area contributed by atoms with Crippen molar-refractivity contribution in [3.8, 4) is 0 Å². The van der Waals surface area contributed by atoms with Crippen LogP contribution in [0.3, 0.4) is 0 Å². The zero-order valence-electron chi connectivity index (χ0n) is 17.4. The zero-order chi connectivity index (χ0) is 21.5. The van der Waals surface area contributed by atoms with Crippen molar-refractivity contribution in [2.45, 2.75) is 37.4 Å². The molecule has 0 bridgehead atoms. The largest absolute Gasteiger partial charge is 0.357 e. The average Bonchev–Trinajstić information content (AvgIpc) is 3.51. The first-order valence-electron chi connectivity index (χ1n) is 10.4. The molecule has 162 valence electrons. The molecule has 7 heteroatoms. The summed E-state index contributed by atoms with van der Waals surface area (Å²) >= 11 is 0. The zero-order valence-corrected chi connectivity index (χ0v) is 18.2. The maximum absolute atomic E-state index is 13.6. The van der Waals surface area contributed by atoms with Gasteiger partial charge in [0.25, 0.3) is 0 Å². The topological polar surface area (TPSA) is 70.6 Å². The predicted molar refractivity (Wildman–Crippen MR) is 120 cm³/mol. The van der Waals surface area contributed by atoms with E-state index in [1.807, 2.05) is 43.3 Å². The highest BCUT2D eigenvalue weighted by molar-refractivity contribution is 7.90. The minimum absolute atomic E-state index is 0.0676. The Hall–Kier alpha value is -2.41. The average molecular weight is 432 g/mol. The van der Waals surface area contributed by atoms with Gasteiger partial charge in [0.15, 0.2) is 15.8 Å². The Morgan fingerprint density at radius 1 is 1.10 bits per heavy atom. The van der Waals surface area contributed by atoms with Crippen molar-refractivity contribution in [3.63, 3.8) is 0 Å². The van der Waals surface area contributed by atoms with Gasteiger partial charge >= 0.3 is 0 Å². The minimum atomic E-state index is -3.15. The van der Waals surface area contributed by atoms with E-state index in [1.165, 1.54) is 6.07 Å². The molecule has 1 aliphatic rings. The van der Waals surface area contributed by atoms with E-state index in [1.54, 1.807) is 12.1 Å². The maximum Gasteiger partial charge on any atom is 0.191 e. The van der Waals surface area contributed by atoms with E-state index in [-0.39, 0.29) is 22.7 Å². The molecule has 2 aromatic carbocycles. The van der Waals surface area contributed by atoms with E-state index in [0.717, 1.165) is 24.0 Å². The Labute approximate surface area is 178 Å². The lowest BCUT2D eigenvalue weighted by Gasteiger charge is -2.16. The normalized spacial score (nSPS) is 15.6. The summed E-state index contributed by atoms with van der Waals surface area (Å²) in [5.41, 5.74) is 1.73. The van der Waals surface area contributed by atoms with Crippen molar-refractivity contribution in [3.05, 3.63) is 71.5 Å². The molecular weight excluding hydrogens is 401 g/mol. The van der Waals surface area contributed by atoms with Gasteiger partial charge in [-0.25, -0.2) is 12.8 Å². The van der Waals surface area contributed by atoms with Crippen molar-refractivity contribution in [1.82, 2.24) is 10.6 Å². The third-order valence-electron chi connectivity index (χ3n) is 5.33. The van der Waals surface area contributed by atoms with Gasteiger partial charge in [-0.3, -0.25) is 4.99 Å². The Morgan fingerprint density at radius 3 is 2.53 bits per heavy atom. The van der Waals surface area contributed by atoms with Gasteiger partial charge in [-0.15, -0.1) is 0 Å². The van der Waals surface area contributed by atoms with Gasteiger partial charge in [-0.2, -0.15) is 0 Å². The third-order valence-corrected chi connectivity index (χ3v) is 7.01. The predicted octanol–water partition coefficient (Wildman–Crippen LogP) is 3.42. The number of guanidine groups is 1. The second-order valence-corrected chi connectivity index (χ2v) is 10.0. The van der Waals surface area contributed by atoms with Crippen LogP contribution in [0, 0.1) is 5.82 Å². The monoisotopic (exact) mass is 431 g/mol. The Balaban J connectivity index is 1.50. The van der Waals surface area contributed by atoms with Crippen LogP contribution in [-0.4, -0.2) is 39.8 Å². The van der Waals surface area contributed by atoms with Crippen molar-refractivity contribution < 1.29 is 12.8 Å². The van der Waals surface area contributed by atoms with Crippen LogP contribution in [0.15, 0.2) is 59.6 Å². The fourth-order valence-electron chi connectivity index (χ4n) is 3.48. The molecule has 2 aromatic rings. The number of rotatable bonds is 10. The molecule has 0 aromatic heterocycles. The van der Waals surface area contributed by atoms with E-state index >= 15 is 0 Å². The molecule has 0 spiro atoms. The molecular formula is C23H30FN3O2S. The fourth-order valence-corrected chi connectivity index (χ4v) is 4.91. The molecule has 1 fully saturated rings. The first kappa shape index (κ1) is 22.3. The lowest BCUT2D eigenvalue weighted by molar-refractivity contribution is 0.591. The highest BCUT2D eigenvalue weighted by Crippen LogP contribution is 2.48. The van der Waals surface area contributed by atoms with Crippen LogP contribution in [0.2, 0.25) is 0 Å². The molecule has 3 rings (SSSR count). The maximum atomic E-state index is 13.6. The number of halogens is 1.